The minimum atomic E-state index is 0.658. The predicted octanol–water partition coefficient (Wildman–Crippen LogP) is 2.90. The molecule has 2 heterocycles. The van der Waals surface area contributed by atoms with E-state index in [9.17, 15) is 0 Å². The second-order valence-corrected chi connectivity index (χ2v) is 5.50. The summed E-state index contributed by atoms with van der Waals surface area (Å²) < 4.78 is 1.77. The fraction of sp³-hybridized carbons (Fsp3) is 0.214. The van der Waals surface area contributed by atoms with Crippen molar-refractivity contribution in [2.24, 2.45) is 0 Å². The molecule has 0 aliphatic rings. The van der Waals surface area contributed by atoms with Gasteiger partial charge in [0.25, 0.3) is 0 Å². The summed E-state index contributed by atoms with van der Waals surface area (Å²) in [5.41, 5.74) is 3.27. The number of thioether (sulfide) groups is 1. The zero-order valence-corrected chi connectivity index (χ0v) is 12.2. The molecule has 3 aromatic rings. The van der Waals surface area contributed by atoms with Gasteiger partial charge in [0, 0.05) is 11.4 Å². The monoisotopic (exact) mass is 285 g/mol. The third kappa shape index (κ3) is 2.75. The summed E-state index contributed by atoms with van der Waals surface area (Å²) in [5.74, 6) is 1.51. The molecular weight excluding hydrogens is 270 g/mol. The first-order chi connectivity index (χ1) is 9.72. The van der Waals surface area contributed by atoms with Crippen LogP contribution in [-0.4, -0.2) is 25.0 Å². The van der Waals surface area contributed by atoms with Crippen LogP contribution in [0.15, 0.2) is 41.6 Å². The zero-order valence-electron chi connectivity index (χ0n) is 11.4. The smallest absolute Gasteiger partial charge is 0.242 e. The molecule has 0 bridgehead atoms. The van der Waals surface area contributed by atoms with Crippen LogP contribution >= 0.6 is 11.8 Å². The van der Waals surface area contributed by atoms with Crippen molar-refractivity contribution in [2.75, 3.05) is 0 Å². The molecule has 0 aliphatic heterocycles. The third-order valence-corrected chi connectivity index (χ3v) is 3.79. The van der Waals surface area contributed by atoms with Gasteiger partial charge in [0.1, 0.15) is 0 Å². The Balaban J connectivity index is 1.73. The number of benzene rings is 1. The van der Waals surface area contributed by atoms with Crippen LogP contribution in [0.1, 0.15) is 17.0 Å². The molecule has 1 N–H and O–H groups in total. The largest absolute Gasteiger partial charge is 0.247 e. The second kappa shape index (κ2) is 5.50. The van der Waals surface area contributed by atoms with Crippen molar-refractivity contribution >= 4 is 11.8 Å². The van der Waals surface area contributed by atoms with Crippen molar-refractivity contribution in [1.82, 2.24) is 25.0 Å². The summed E-state index contributed by atoms with van der Waals surface area (Å²) in [6, 6.07) is 12.3. The van der Waals surface area contributed by atoms with Gasteiger partial charge in [-0.1, -0.05) is 42.1 Å². The van der Waals surface area contributed by atoms with Crippen LogP contribution in [0.5, 0.6) is 0 Å². The second-order valence-electron chi connectivity index (χ2n) is 4.55. The van der Waals surface area contributed by atoms with Crippen LogP contribution in [-0.2, 0) is 5.75 Å². The van der Waals surface area contributed by atoms with Crippen molar-refractivity contribution in [1.29, 1.82) is 0 Å². The molecule has 6 heteroatoms. The lowest BCUT2D eigenvalue weighted by Gasteiger charge is -1.97. The molecule has 102 valence electrons. The number of aromatic amines is 1. The molecule has 0 radical (unpaired) electrons. The number of nitrogens with zero attached hydrogens (tertiary/aromatic N) is 4. The summed E-state index contributed by atoms with van der Waals surface area (Å²) in [6.07, 6.45) is 0. The molecule has 0 aliphatic carbocycles. The van der Waals surface area contributed by atoms with E-state index in [1.54, 1.807) is 16.4 Å². The highest BCUT2D eigenvalue weighted by molar-refractivity contribution is 7.98. The third-order valence-electron chi connectivity index (χ3n) is 2.87. The van der Waals surface area contributed by atoms with Gasteiger partial charge in [0.15, 0.2) is 0 Å². The summed E-state index contributed by atoms with van der Waals surface area (Å²) in [6.45, 7) is 3.96. The number of rotatable bonds is 4. The van der Waals surface area contributed by atoms with Crippen molar-refractivity contribution in [2.45, 2.75) is 24.8 Å². The molecule has 0 saturated carbocycles. The summed E-state index contributed by atoms with van der Waals surface area (Å²) in [7, 11) is 0. The maximum Gasteiger partial charge on any atom is 0.247 e. The Labute approximate surface area is 121 Å². The Morgan fingerprint density at radius 2 is 2.00 bits per heavy atom. The SMILES string of the molecule is Cc1cc(C)n(-c2nc(SCc3ccccc3)n[nH]2)n1. The topological polar surface area (TPSA) is 59.4 Å². The Morgan fingerprint density at radius 1 is 1.20 bits per heavy atom. The zero-order chi connectivity index (χ0) is 13.9. The number of aryl methyl sites for hydroxylation is 2. The van der Waals surface area contributed by atoms with E-state index in [1.165, 1.54) is 5.56 Å². The maximum atomic E-state index is 4.47. The first kappa shape index (κ1) is 12.9. The number of aromatic nitrogens is 5. The van der Waals surface area contributed by atoms with Gasteiger partial charge in [-0.15, -0.1) is 5.10 Å². The minimum Gasteiger partial charge on any atom is -0.242 e. The average molecular weight is 285 g/mol. The molecule has 1 aromatic carbocycles. The van der Waals surface area contributed by atoms with E-state index in [0.29, 0.717) is 5.95 Å². The number of hydrogen-bond donors (Lipinski definition) is 1. The molecule has 2 aromatic heterocycles. The minimum absolute atomic E-state index is 0.658. The van der Waals surface area contributed by atoms with Gasteiger partial charge in [-0.05, 0) is 25.5 Å². The van der Waals surface area contributed by atoms with Gasteiger partial charge >= 0.3 is 0 Å². The highest BCUT2D eigenvalue weighted by atomic mass is 32.2. The molecule has 0 fully saturated rings. The van der Waals surface area contributed by atoms with Crippen LogP contribution in [0.2, 0.25) is 0 Å². The standard InChI is InChI=1S/C14H15N5S/c1-10-8-11(2)19(18-10)13-15-14(17-16-13)20-9-12-6-4-3-5-7-12/h3-8H,9H2,1-2H3,(H,15,16,17). The van der Waals surface area contributed by atoms with E-state index in [4.69, 9.17) is 0 Å². The quantitative estimate of drug-likeness (QED) is 0.749. The van der Waals surface area contributed by atoms with Crippen LogP contribution in [0.3, 0.4) is 0 Å². The Hall–Kier alpha value is -2.08. The van der Waals surface area contributed by atoms with E-state index in [-0.39, 0.29) is 0 Å². The summed E-state index contributed by atoms with van der Waals surface area (Å²) in [5, 5.41) is 12.3. The first-order valence-corrected chi connectivity index (χ1v) is 7.34. The molecule has 0 spiro atoms. The fourth-order valence-corrected chi connectivity index (χ4v) is 2.71. The van der Waals surface area contributed by atoms with E-state index >= 15 is 0 Å². The molecular formula is C14H15N5S. The predicted molar refractivity (Wildman–Crippen MR) is 79.0 cm³/mol. The Bertz CT molecular complexity index is 701. The van der Waals surface area contributed by atoms with Gasteiger partial charge in [0.05, 0.1) is 5.69 Å². The molecule has 20 heavy (non-hydrogen) atoms. The van der Waals surface area contributed by atoms with Crippen molar-refractivity contribution in [3.63, 3.8) is 0 Å². The van der Waals surface area contributed by atoms with Gasteiger partial charge in [-0.3, -0.25) is 0 Å². The van der Waals surface area contributed by atoms with Gasteiger partial charge in [-0.25, -0.2) is 9.78 Å². The molecule has 0 amide bonds. The number of hydrogen-bond acceptors (Lipinski definition) is 4. The van der Waals surface area contributed by atoms with Crippen LogP contribution < -0.4 is 0 Å². The molecule has 0 unspecified atom stereocenters. The Morgan fingerprint density at radius 3 is 2.70 bits per heavy atom. The van der Waals surface area contributed by atoms with Crippen LogP contribution in [0, 0.1) is 13.8 Å². The Kier molecular flexibility index (Phi) is 3.56. The van der Waals surface area contributed by atoms with E-state index < -0.39 is 0 Å². The number of nitrogens with one attached hydrogen (secondary N) is 1. The van der Waals surface area contributed by atoms with Gasteiger partial charge in [-0.2, -0.15) is 10.1 Å². The van der Waals surface area contributed by atoms with Crippen molar-refractivity contribution in [3.05, 3.63) is 53.3 Å². The molecule has 3 rings (SSSR count). The van der Waals surface area contributed by atoms with E-state index in [2.05, 4.69) is 32.4 Å². The van der Waals surface area contributed by atoms with E-state index in [1.807, 2.05) is 38.1 Å². The first-order valence-electron chi connectivity index (χ1n) is 6.35. The highest BCUT2D eigenvalue weighted by Crippen LogP contribution is 2.19. The van der Waals surface area contributed by atoms with Gasteiger partial charge < -0.3 is 0 Å². The normalized spacial score (nSPS) is 10.9. The molecule has 0 saturated heterocycles. The average Bonchev–Trinajstić information content (AvgIpc) is 3.04. The lowest BCUT2D eigenvalue weighted by molar-refractivity contribution is 0.778. The van der Waals surface area contributed by atoms with Crippen molar-refractivity contribution < 1.29 is 0 Å². The van der Waals surface area contributed by atoms with Crippen molar-refractivity contribution in [3.8, 4) is 5.95 Å². The summed E-state index contributed by atoms with van der Waals surface area (Å²) in [4.78, 5) is 4.47. The highest BCUT2D eigenvalue weighted by Gasteiger charge is 2.09. The van der Waals surface area contributed by atoms with Gasteiger partial charge in [0.2, 0.25) is 11.1 Å². The lowest BCUT2D eigenvalue weighted by atomic mass is 10.2. The van der Waals surface area contributed by atoms with E-state index in [0.717, 1.165) is 22.3 Å². The molecule has 5 nitrogen and oxygen atoms in total. The summed E-state index contributed by atoms with van der Waals surface area (Å²) >= 11 is 1.61. The number of H-pyrrole nitrogens is 1. The maximum absolute atomic E-state index is 4.47. The van der Waals surface area contributed by atoms with Crippen LogP contribution in [0.25, 0.3) is 5.95 Å². The fourth-order valence-electron chi connectivity index (χ4n) is 1.96. The van der Waals surface area contributed by atoms with Crippen LogP contribution in [0.4, 0.5) is 0 Å². The lowest BCUT2D eigenvalue weighted by Crippen LogP contribution is -2.01. The molecule has 0 atom stereocenters.